The van der Waals surface area contributed by atoms with Gasteiger partial charge in [0.15, 0.2) is 0 Å². The summed E-state index contributed by atoms with van der Waals surface area (Å²) in [7, 11) is 0. The molecule has 6 heteroatoms. The van der Waals surface area contributed by atoms with Crippen molar-refractivity contribution in [2.24, 2.45) is 0 Å². The van der Waals surface area contributed by atoms with E-state index in [1.807, 2.05) is 0 Å². The summed E-state index contributed by atoms with van der Waals surface area (Å²) >= 11 is 5.61. The third-order valence-corrected chi connectivity index (χ3v) is 2.88. The summed E-state index contributed by atoms with van der Waals surface area (Å²) in [4.78, 5) is 11.7. The lowest BCUT2D eigenvalue weighted by Crippen LogP contribution is -2.28. The molecule has 1 N–H and O–H groups in total. The van der Waals surface area contributed by atoms with Crippen molar-refractivity contribution >= 4 is 17.5 Å². The fourth-order valence-corrected chi connectivity index (χ4v) is 1.79. The molecule has 0 saturated heterocycles. The van der Waals surface area contributed by atoms with Crippen LogP contribution in [0, 0.1) is 11.6 Å². The summed E-state index contributed by atoms with van der Waals surface area (Å²) in [5.74, 6) is -1.09. The maximum Gasteiger partial charge on any atom is 0.254 e. The number of hydrogen-bond acceptors (Lipinski definition) is 2. The lowest BCUT2D eigenvalue weighted by atomic mass is 10.2. The third-order valence-electron chi connectivity index (χ3n) is 2.65. The maximum atomic E-state index is 13.5. The fourth-order valence-electron chi connectivity index (χ4n) is 1.63. The van der Waals surface area contributed by atoms with Crippen molar-refractivity contribution in [3.63, 3.8) is 0 Å². The van der Waals surface area contributed by atoms with Gasteiger partial charge in [-0.1, -0.05) is 11.6 Å². The maximum absolute atomic E-state index is 13.5. The molecule has 0 fully saturated rings. The molecule has 0 spiro atoms. The molecule has 0 aromatic heterocycles. The average molecular weight is 312 g/mol. The van der Waals surface area contributed by atoms with Crippen LogP contribution >= 0.6 is 11.6 Å². The van der Waals surface area contributed by atoms with E-state index >= 15 is 0 Å². The van der Waals surface area contributed by atoms with Gasteiger partial charge in [0.2, 0.25) is 0 Å². The molecule has 0 unspecified atom stereocenters. The Morgan fingerprint density at radius 2 is 1.86 bits per heavy atom. The molecule has 0 atom stereocenters. The monoisotopic (exact) mass is 311 g/mol. The Bertz CT molecular complexity index is 632. The summed E-state index contributed by atoms with van der Waals surface area (Å²) in [6.07, 6.45) is 0. The van der Waals surface area contributed by atoms with Crippen molar-refractivity contribution in [3.8, 4) is 5.75 Å². The van der Waals surface area contributed by atoms with E-state index in [9.17, 15) is 13.6 Å². The molecule has 0 heterocycles. The van der Waals surface area contributed by atoms with E-state index in [4.69, 9.17) is 16.3 Å². The van der Waals surface area contributed by atoms with Crippen LogP contribution in [0.1, 0.15) is 10.4 Å². The Kier molecular flexibility index (Phi) is 5.11. The molecule has 2 aromatic rings. The number of rotatable bonds is 5. The van der Waals surface area contributed by atoms with Gasteiger partial charge in [-0.15, -0.1) is 0 Å². The number of ether oxygens (including phenoxy) is 1. The average Bonchev–Trinajstić information content (AvgIpc) is 2.45. The second-order valence-corrected chi connectivity index (χ2v) is 4.62. The minimum Gasteiger partial charge on any atom is -0.492 e. The minimum absolute atomic E-state index is 0.0822. The van der Waals surface area contributed by atoms with E-state index < -0.39 is 11.7 Å². The van der Waals surface area contributed by atoms with Crippen molar-refractivity contribution in [1.82, 2.24) is 5.32 Å². The first-order valence-corrected chi connectivity index (χ1v) is 6.55. The molecule has 3 nitrogen and oxygen atoms in total. The Morgan fingerprint density at radius 1 is 1.14 bits per heavy atom. The molecular weight excluding hydrogens is 300 g/mol. The summed E-state index contributed by atoms with van der Waals surface area (Å²) in [5, 5.41) is 2.75. The number of amides is 1. The number of halogens is 3. The van der Waals surface area contributed by atoms with Gasteiger partial charge in [0.05, 0.1) is 12.1 Å². The quantitative estimate of drug-likeness (QED) is 0.859. The number of nitrogens with one attached hydrogen (secondary N) is 1. The van der Waals surface area contributed by atoms with E-state index in [0.29, 0.717) is 5.75 Å². The molecule has 0 bridgehead atoms. The predicted molar refractivity (Wildman–Crippen MR) is 75.6 cm³/mol. The van der Waals surface area contributed by atoms with Crippen LogP contribution in [0.15, 0.2) is 42.5 Å². The highest BCUT2D eigenvalue weighted by Gasteiger charge is 2.11. The van der Waals surface area contributed by atoms with Crippen LogP contribution in [0.25, 0.3) is 0 Å². The van der Waals surface area contributed by atoms with Gasteiger partial charge in [0.25, 0.3) is 5.91 Å². The molecule has 110 valence electrons. The third kappa shape index (κ3) is 4.43. The van der Waals surface area contributed by atoms with Gasteiger partial charge in [0.1, 0.15) is 24.0 Å². The zero-order chi connectivity index (χ0) is 15.2. The topological polar surface area (TPSA) is 38.3 Å². The van der Waals surface area contributed by atoms with E-state index in [2.05, 4.69) is 5.32 Å². The van der Waals surface area contributed by atoms with Gasteiger partial charge in [0, 0.05) is 5.02 Å². The summed E-state index contributed by atoms with van der Waals surface area (Å²) in [6.45, 7) is 0.380. The van der Waals surface area contributed by atoms with Gasteiger partial charge in [-0.3, -0.25) is 4.79 Å². The Morgan fingerprint density at radius 3 is 2.52 bits per heavy atom. The predicted octanol–water partition coefficient (Wildman–Crippen LogP) is 3.43. The summed E-state index contributed by atoms with van der Waals surface area (Å²) in [5.41, 5.74) is -0.0822. The molecule has 0 saturated carbocycles. The number of carbonyl (C=O) groups excluding carboxylic acids is 1. The van der Waals surface area contributed by atoms with Crippen LogP contribution in [-0.2, 0) is 0 Å². The molecule has 0 aliphatic carbocycles. The van der Waals surface area contributed by atoms with E-state index in [0.717, 1.165) is 6.07 Å². The zero-order valence-corrected chi connectivity index (χ0v) is 11.7. The molecule has 0 radical (unpaired) electrons. The molecule has 2 aromatic carbocycles. The van der Waals surface area contributed by atoms with Crippen molar-refractivity contribution in [3.05, 3.63) is 64.7 Å². The fraction of sp³-hybridized carbons (Fsp3) is 0.133. The van der Waals surface area contributed by atoms with Crippen molar-refractivity contribution in [1.29, 1.82) is 0 Å². The summed E-state index contributed by atoms with van der Waals surface area (Å²) < 4.78 is 31.5. The van der Waals surface area contributed by atoms with Gasteiger partial charge in [-0.2, -0.15) is 0 Å². The van der Waals surface area contributed by atoms with E-state index in [1.54, 1.807) is 0 Å². The highest BCUT2D eigenvalue weighted by molar-refractivity contribution is 6.30. The van der Waals surface area contributed by atoms with Gasteiger partial charge < -0.3 is 10.1 Å². The lowest BCUT2D eigenvalue weighted by molar-refractivity contribution is 0.0943. The second-order valence-electron chi connectivity index (χ2n) is 4.18. The van der Waals surface area contributed by atoms with Crippen LogP contribution in [-0.4, -0.2) is 19.1 Å². The first kappa shape index (κ1) is 15.3. The molecule has 2 rings (SSSR count). The first-order valence-electron chi connectivity index (χ1n) is 6.18. The van der Waals surface area contributed by atoms with Gasteiger partial charge >= 0.3 is 0 Å². The molecule has 1 amide bonds. The zero-order valence-electron chi connectivity index (χ0n) is 10.9. The lowest BCUT2D eigenvalue weighted by Gasteiger charge is -2.08. The SMILES string of the molecule is O=C(NCCOc1ccc(F)cc1)c1ccc(Cl)cc1F. The van der Waals surface area contributed by atoms with E-state index in [-0.39, 0.29) is 29.6 Å². The molecular formula is C15H12ClF2NO2. The first-order chi connectivity index (χ1) is 10.1. The van der Waals surface area contributed by atoms with Crippen molar-refractivity contribution in [2.75, 3.05) is 13.2 Å². The van der Waals surface area contributed by atoms with Crippen molar-refractivity contribution < 1.29 is 18.3 Å². The Labute approximate surface area is 125 Å². The normalized spacial score (nSPS) is 10.2. The highest BCUT2D eigenvalue weighted by atomic mass is 35.5. The van der Waals surface area contributed by atoms with Crippen molar-refractivity contribution in [2.45, 2.75) is 0 Å². The molecule has 0 aliphatic rings. The largest absolute Gasteiger partial charge is 0.492 e. The van der Waals surface area contributed by atoms with Crippen LogP contribution in [0.2, 0.25) is 5.02 Å². The van der Waals surface area contributed by atoms with Gasteiger partial charge in [-0.05, 0) is 42.5 Å². The Hall–Kier alpha value is -2.14. The van der Waals surface area contributed by atoms with E-state index in [1.165, 1.54) is 36.4 Å². The van der Waals surface area contributed by atoms with Crippen LogP contribution in [0.4, 0.5) is 8.78 Å². The second kappa shape index (κ2) is 7.04. The standard InChI is InChI=1S/C15H12ClF2NO2/c16-10-1-6-13(14(18)9-10)15(20)19-7-8-21-12-4-2-11(17)3-5-12/h1-6,9H,7-8H2,(H,19,20). The van der Waals surface area contributed by atoms with Gasteiger partial charge in [-0.25, -0.2) is 8.78 Å². The Balaban J connectivity index is 1.80. The summed E-state index contributed by atoms with van der Waals surface area (Å²) in [6, 6.07) is 9.34. The number of benzene rings is 2. The smallest absolute Gasteiger partial charge is 0.254 e. The number of hydrogen-bond donors (Lipinski definition) is 1. The van der Waals surface area contributed by atoms with Crippen LogP contribution in [0.5, 0.6) is 5.75 Å². The molecule has 21 heavy (non-hydrogen) atoms. The molecule has 0 aliphatic heterocycles. The van der Waals surface area contributed by atoms with Crippen LogP contribution in [0.3, 0.4) is 0 Å². The minimum atomic E-state index is -0.681. The van der Waals surface area contributed by atoms with Crippen LogP contribution < -0.4 is 10.1 Å². The highest BCUT2D eigenvalue weighted by Crippen LogP contribution is 2.14. The number of carbonyl (C=O) groups is 1.